The van der Waals surface area contributed by atoms with Crippen LogP contribution >= 0.6 is 0 Å². The van der Waals surface area contributed by atoms with E-state index in [0.717, 1.165) is 18.2 Å². The minimum Gasteiger partial charge on any atom is -0.384 e. The van der Waals surface area contributed by atoms with E-state index in [4.69, 9.17) is 0 Å². The molecule has 4 heteroatoms. The molecule has 0 bridgehead atoms. The molecule has 1 aromatic carbocycles. The summed E-state index contributed by atoms with van der Waals surface area (Å²) < 4.78 is 24.3. The van der Waals surface area contributed by atoms with Crippen molar-refractivity contribution in [1.82, 2.24) is 0 Å². The van der Waals surface area contributed by atoms with Gasteiger partial charge in [-0.3, -0.25) is 0 Å². The highest BCUT2D eigenvalue weighted by molar-refractivity contribution is 7.91. The van der Waals surface area contributed by atoms with Gasteiger partial charge in [-0.1, -0.05) is 26.0 Å². The van der Waals surface area contributed by atoms with Crippen LogP contribution in [0.25, 0.3) is 0 Å². The zero-order chi connectivity index (χ0) is 13.2. The maximum Gasteiger partial charge on any atom is 0.180 e. The maximum absolute atomic E-state index is 12.1. The van der Waals surface area contributed by atoms with Gasteiger partial charge < -0.3 is 5.32 Å². The summed E-state index contributed by atoms with van der Waals surface area (Å²) in [5.74, 6) is 1.69. The van der Waals surface area contributed by atoms with Crippen LogP contribution < -0.4 is 5.32 Å². The average Bonchev–Trinajstić information content (AvgIpc) is 3.03. The molecule has 1 aliphatic rings. The molecule has 2 unspecified atom stereocenters. The second-order valence-electron chi connectivity index (χ2n) is 5.17. The molecule has 2 atom stereocenters. The molecule has 0 saturated heterocycles. The highest BCUT2D eigenvalue weighted by Gasteiger charge is 2.32. The van der Waals surface area contributed by atoms with E-state index in [0.29, 0.717) is 17.2 Å². The average molecular weight is 267 g/mol. The Kier molecular flexibility index (Phi) is 3.95. The van der Waals surface area contributed by atoms with Crippen LogP contribution in [0.5, 0.6) is 0 Å². The molecule has 1 fully saturated rings. The van der Waals surface area contributed by atoms with Gasteiger partial charge in [0.1, 0.15) is 0 Å². The third kappa shape index (κ3) is 3.05. The molecule has 1 N–H and O–H groups in total. The van der Waals surface area contributed by atoms with E-state index in [1.807, 2.05) is 19.1 Å². The van der Waals surface area contributed by atoms with E-state index in [9.17, 15) is 8.42 Å². The smallest absolute Gasteiger partial charge is 0.180 e. The molecule has 1 aliphatic carbocycles. The Balaban J connectivity index is 2.14. The quantitative estimate of drug-likeness (QED) is 0.862. The summed E-state index contributed by atoms with van der Waals surface area (Å²) in [6.07, 6.45) is 1.90. The molecule has 3 nitrogen and oxygen atoms in total. The molecule has 0 aliphatic heterocycles. The summed E-state index contributed by atoms with van der Waals surface area (Å²) >= 11 is 0. The maximum atomic E-state index is 12.1. The Bertz CT molecular complexity index is 510. The van der Waals surface area contributed by atoms with Gasteiger partial charge in [0, 0.05) is 6.54 Å². The topological polar surface area (TPSA) is 46.2 Å². The number of hydrogen-bond donors (Lipinski definition) is 1. The van der Waals surface area contributed by atoms with Crippen molar-refractivity contribution < 1.29 is 8.42 Å². The van der Waals surface area contributed by atoms with Crippen LogP contribution in [0.1, 0.15) is 26.7 Å². The van der Waals surface area contributed by atoms with Gasteiger partial charge in [0.25, 0.3) is 0 Å². The van der Waals surface area contributed by atoms with E-state index in [1.54, 1.807) is 12.1 Å². The summed E-state index contributed by atoms with van der Waals surface area (Å²) in [5, 5.41) is 3.29. The highest BCUT2D eigenvalue weighted by atomic mass is 32.2. The van der Waals surface area contributed by atoms with Crippen LogP contribution in [-0.2, 0) is 9.84 Å². The Morgan fingerprint density at radius 3 is 2.61 bits per heavy atom. The fourth-order valence-electron chi connectivity index (χ4n) is 2.19. The van der Waals surface area contributed by atoms with E-state index >= 15 is 0 Å². The largest absolute Gasteiger partial charge is 0.384 e. The van der Waals surface area contributed by atoms with Gasteiger partial charge in [-0.25, -0.2) is 8.42 Å². The summed E-state index contributed by atoms with van der Waals surface area (Å²) in [6.45, 7) is 4.99. The lowest BCUT2D eigenvalue weighted by molar-refractivity contribution is 0.595. The van der Waals surface area contributed by atoms with Crippen LogP contribution in [0.3, 0.4) is 0 Å². The molecule has 0 radical (unpaired) electrons. The van der Waals surface area contributed by atoms with Gasteiger partial charge >= 0.3 is 0 Å². The number of hydrogen-bond acceptors (Lipinski definition) is 3. The van der Waals surface area contributed by atoms with E-state index < -0.39 is 9.84 Å². The third-order valence-corrected chi connectivity index (χ3v) is 5.50. The predicted molar refractivity (Wildman–Crippen MR) is 74.5 cm³/mol. The van der Waals surface area contributed by atoms with Crippen molar-refractivity contribution in [2.45, 2.75) is 31.6 Å². The molecule has 0 aromatic heterocycles. The lowest BCUT2D eigenvalue weighted by Gasteiger charge is -2.12. The first-order valence-electron chi connectivity index (χ1n) is 6.60. The van der Waals surface area contributed by atoms with Crippen LogP contribution in [-0.4, -0.2) is 20.7 Å². The van der Waals surface area contributed by atoms with Crippen molar-refractivity contribution in [1.29, 1.82) is 0 Å². The lowest BCUT2D eigenvalue weighted by atomic mass is 10.3. The van der Waals surface area contributed by atoms with Crippen LogP contribution in [0.2, 0.25) is 0 Å². The van der Waals surface area contributed by atoms with Crippen molar-refractivity contribution in [3.05, 3.63) is 24.3 Å². The highest BCUT2D eigenvalue weighted by Crippen LogP contribution is 2.38. The molecular formula is C14H21NO2S. The lowest BCUT2D eigenvalue weighted by Crippen LogP contribution is -2.12. The molecule has 18 heavy (non-hydrogen) atoms. The molecule has 0 heterocycles. The first-order valence-corrected chi connectivity index (χ1v) is 8.25. The second kappa shape index (κ2) is 5.31. The molecule has 0 spiro atoms. The van der Waals surface area contributed by atoms with E-state index in [-0.39, 0.29) is 5.75 Å². The summed E-state index contributed by atoms with van der Waals surface area (Å²) in [6, 6.07) is 7.22. The van der Waals surface area contributed by atoms with Gasteiger partial charge in [0.2, 0.25) is 0 Å². The molecule has 100 valence electrons. The summed E-state index contributed by atoms with van der Waals surface area (Å²) in [7, 11) is -3.14. The van der Waals surface area contributed by atoms with Crippen LogP contribution in [0.4, 0.5) is 5.69 Å². The van der Waals surface area contributed by atoms with Gasteiger partial charge in [-0.2, -0.15) is 0 Å². The SMILES string of the molecule is CCCS(=O)(=O)c1ccccc1NCC1CC1C. The Labute approximate surface area is 110 Å². The van der Waals surface area contributed by atoms with E-state index in [1.165, 1.54) is 6.42 Å². The molecule has 1 saturated carbocycles. The van der Waals surface area contributed by atoms with Gasteiger partial charge in [-0.05, 0) is 36.8 Å². The number of nitrogens with one attached hydrogen (secondary N) is 1. The van der Waals surface area contributed by atoms with Gasteiger partial charge in [0.05, 0.1) is 16.3 Å². The van der Waals surface area contributed by atoms with Gasteiger partial charge in [-0.15, -0.1) is 0 Å². The van der Waals surface area contributed by atoms with Crippen molar-refractivity contribution in [3.63, 3.8) is 0 Å². The molecule has 1 aromatic rings. The second-order valence-corrected chi connectivity index (χ2v) is 7.25. The minimum atomic E-state index is -3.14. The van der Waals surface area contributed by atoms with Crippen molar-refractivity contribution in [3.8, 4) is 0 Å². The fraction of sp³-hybridized carbons (Fsp3) is 0.571. The van der Waals surface area contributed by atoms with E-state index in [2.05, 4.69) is 12.2 Å². The van der Waals surface area contributed by atoms with Crippen molar-refractivity contribution >= 4 is 15.5 Å². The Hall–Kier alpha value is -1.03. The Morgan fingerprint density at radius 1 is 1.33 bits per heavy atom. The molecular weight excluding hydrogens is 246 g/mol. The van der Waals surface area contributed by atoms with Crippen molar-refractivity contribution in [2.24, 2.45) is 11.8 Å². The summed E-state index contributed by atoms with van der Waals surface area (Å²) in [5.41, 5.74) is 0.755. The Morgan fingerprint density at radius 2 is 2.00 bits per heavy atom. The third-order valence-electron chi connectivity index (χ3n) is 3.53. The summed E-state index contributed by atoms with van der Waals surface area (Å²) in [4.78, 5) is 0.445. The monoisotopic (exact) mass is 267 g/mol. The molecule has 0 amide bonds. The predicted octanol–water partition coefficient (Wildman–Crippen LogP) is 2.94. The first-order chi connectivity index (χ1) is 8.54. The number of para-hydroxylation sites is 1. The standard InChI is InChI=1S/C14H21NO2S/c1-3-8-18(16,17)14-7-5-4-6-13(14)15-10-12-9-11(12)2/h4-7,11-12,15H,3,8-10H2,1-2H3. The van der Waals surface area contributed by atoms with Gasteiger partial charge in [0.15, 0.2) is 9.84 Å². The number of rotatable bonds is 6. The first kappa shape index (κ1) is 13.4. The number of anilines is 1. The minimum absolute atomic E-state index is 0.214. The normalized spacial score (nSPS) is 22.8. The van der Waals surface area contributed by atoms with Crippen LogP contribution in [0, 0.1) is 11.8 Å². The fourth-order valence-corrected chi connectivity index (χ4v) is 3.71. The van der Waals surface area contributed by atoms with Crippen LogP contribution in [0.15, 0.2) is 29.2 Å². The van der Waals surface area contributed by atoms with Crippen molar-refractivity contribution in [2.75, 3.05) is 17.6 Å². The number of benzene rings is 1. The number of sulfone groups is 1. The molecule has 2 rings (SSSR count). The zero-order valence-electron chi connectivity index (χ0n) is 11.0. The zero-order valence-corrected chi connectivity index (χ0v) is 11.8.